The first-order valence-corrected chi connectivity index (χ1v) is 13.1. The molecule has 1 saturated carbocycles. The number of carbonyl (C=O) groups is 1. The van der Waals surface area contributed by atoms with Crippen molar-refractivity contribution in [2.45, 2.75) is 71.4 Å². The monoisotopic (exact) mass is 477 g/mol. The van der Waals surface area contributed by atoms with Gasteiger partial charge in [0.1, 0.15) is 0 Å². The lowest BCUT2D eigenvalue weighted by molar-refractivity contribution is -0.384. The van der Waals surface area contributed by atoms with E-state index in [9.17, 15) is 14.9 Å². The van der Waals surface area contributed by atoms with Crippen LogP contribution in [0.2, 0.25) is 0 Å². The minimum Gasteiger partial charge on any atom is -0.339 e. The predicted octanol–water partition coefficient (Wildman–Crippen LogP) is 5.94. The molecule has 188 valence electrons. The molecule has 2 aliphatic rings. The molecule has 1 saturated heterocycles. The van der Waals surface area contributed by atoms with Crippen LogP contribution in [0.5, 0.6) is 0 Å². The molecule has 1 heterocycles. The second kappa shape index (κ2) is 11.3. The molecule has 2 unspecified atom stereocenters. The Bertz CT molecular complexity index is 997. The Balaban J connectivity index is 1.55. The Morgan fingerprint density at radius 1 is 1.03 bits per heavy atom. The van der Waals surface area contributed by atoms with Gasteiger partial charge in [-0.25, -0.2) is 0 Å². The molecule has 4 rings (SSSR count). The van der Waals surface area contributed by atoms with Crippen LogP contribution in [0.15, 0.2) is 48.5 Å². The SMILES string of the molecule is Cc1ccc(C2CN(Cc3ccc([N+](=O)[O-])cc3)CC2CN(C(=O)C(C)C)C2CCCCC2)cc1. The van der Waals surface area contributed by atoms with Crippen LogP contribution in [0.4, 0.5) is 5.69 Å². The zero-order valence-electron chi connectivity index (χ0n) is 21.4. The molecule has 1 aliphatic heterocycles. The molecule has 0 N–H and O–H groups in total. The number of aryl methyl sites for hydroxylation is 1. The van der Waals surface area contributed by atoms with E-state index < -0.39 is 0 Å². The Hall–Kier alpha value is -2.73. The van der Waals surface area contributed by atoms with Gasteiger partial charge in [0.2, 0.25) is 5.91 Å². The molecule has 0 bridgehead atoms. The van der Waals surface area contributed by atoms with Gasteiger partial charge in [-0.05, 0) is 36.8 Å². The van der Waals surface area contributed by atoms with Crippen LogP contribution in [0, 0.1) is 28.9 Å². The first-order chi connectivity index (χ1) is 16.8. The van der Waals surface area contributed by atoms with Gasteiger partial charge in [-0.15, -0.1) is 0 Å². The van der Waals surface area contributed by atoms with E-state index in [1.807, 2.05) is 26.0 Å². The number of nitro benzene ring substituents is 1. The standard InChI is InChI=1S/C29H39N3O3/c1-21(2)29(33)31(26-7-5-4-6-8-26)19-25-18-30(17-23-11-15-27(16-12-23)32(34)35)20-28(25)24-13-9-22(3)10-14-24/h9-16,21,25-26,28H,4-8,17-20H2,1-3H3. The summed E-state index contributed by atoms with van der Waals surface area (Å²) in [6.07, 6.45) is 5.94. The van der Waals surface area contributed by atoms with Crippen molar-refractivity contribution in [3.8, 4) is 0 Å². The third-order valence-corrected chi connectivity index (χ3v) is 7.80. The summed E-state index contributed by atoms with van der Waals surface area (Å²) < 4.78 is 0. The van der Waals surface area contributed by atoms with Gasteiger partial charge in [-0.1, -0.05) is 75.1 Å². The number of rotatable bonds is 8. The molecule has 0 aromatic heterocycles. The molecule has 1 amide bonds. The summed E-state index contributed by atoms with van der Waals surface area (Å²) >= 11 is 0. The van der Waals surface area contributed by atoms with Crippen LogP contribution in [0.1, 0.15) is 68.6 Å². The average molecular weight is 478 g/mol. The van der Waals surface area contributed by atoms with Gasteiger partial charge in [0.25, 0.3) is 5.69 Å². The summed E-state index contributed by atoms with van der Waals surface area (Å²) in [6, 6.07) is 16.1. The summed E-state index contributed by atoms with van der Waals surface area (Å²) in [5.74, 6) is 1.01. The highest BCUT2D eigenvalue weighted by atomic mass is 16.6. The van der Waals surface area contributed by atoms with E-state index in [0.717, 1.165) is 44.6 Å². The van der Waals surface area contributed by atoms with Crippen LogP contribution < -0.4 is 0 Å². The van der Waals surface area contributed by atoms with Crippen molar-refractivity contribution in [3.63, 3.8) is 0 Å². The van der Waals surface area contributed by atoms with Gasteiger partial charge >= 0.3 is 0 Å². The molecule has 6 nitrogen and oxygen atoms in total. The average Bonchev–Trinajstić information content (AvgIpc) is 3.25. The van der Waals surface area contributed by atoms with Gasteiger partial charge in [-0.3, -0.25) is 19.8 Å². The van der Waals surface area contributed by atoms with E-state index in [1.165, 1.54) is 30.4 Å². The highest BCUT2D eigenvalue weighted by Crippen LogP contribution is 2.36. The number of benzene rings is 2. The third kappa shape index (κ3) is 6.29. The summed E-state index contributed by atoms with van der Waals surface area (Å²) in [7, 11) is 0. The maximum atomic E-state index is 13.3. The molecule has 2 atom stereocenters. The Morgan fingerprint density at radius 2 is 1.69 bits per heavy atom. The summed E-state index contributed by atoms with van der Waals surface area (Å²) in [4.78, 5) is 28.7. The summed E-state index contributed by atoms with van der Waals surface area (Å²) in [5.41, 5.74) is 3.81. The van der Waals surface area contributed by atoms with Crippen molar-refractivity contribution in [1.82, 2.24) is 9.80 Å². The zero-order chi connectivity index (χ0) is 24.9. The first kappa shape index (κ1) is 25.4. The molecule has 2 aromatic rings. The normalized spacial score (nSPS) is 21.4. The van der Waals surface area contributed by atoms with Crippen LogP contribution in [-0.4, -0.2) is 46.3 Å². The number of carbonyl (C=O) groups excluding carboxylic acids is 1. The van der Waals surface area contributed by atoms with Crippen LogP contribution in [-0.2, 0) is 11.3 Å². The van der Waals surface area contributed by atoms with Crippen LogP contribution in [0.25, 0.3) is 0 Å². The predicted molar refractivity (Wildman–Crippen MR) is 139 cm³/mol. The fraction of sp³-hybridized carbons (Fsp3) is 0.552. The molecule has 6 heteroatoms. The molecule has 0 radical (unpaired) electrons. The number of nitro groups is 1. The van der Waals surface area contributed by atoms with Crippen molar-refractivity contribution in [2.24, 2.45) is 11.8 Å². The fourth-order valence-electron chi connectivity index (χ4n) is 5.84. The molecular weight excluding hydrogens is 438 g/mol. The fourth-order valence-corrected chi connectivity index (χ4v) is 5.84. The molecule has 35 heavy (non-hydrogen) atoms. The van der Waals surface area contributed by atoms with E-state index in [4.69, 9.17) is 0 Å². The van der Waals surface area contributed by atoms with E-state index in [1.54, 1.807) is 12.1 Å². The van der Waals surface area contributed by atoms with E-state index in [-0.39, 0.29) is 22.4 Å². The lowest BCUT2D eigenvalue weighted by Gasteiger charge is -2.38. The topological polar surface area (TPSA) is 66.7 Å². The maximum Gasteiger partial charge on any atom is 0.269 e. The van der Waals surface area contributed by atoms with Gasteiger partial charge in [-0.2, -0.15) is 0 Å². The molecular formula is C29H39N3O3. The maximum absolute atomic E-state index is 13.3. The number of hydrogen-bond acceptors (Lipinski definition) is 4. The molecule has 2 aromatic carbocycles. The van der Waals surface area contributed by atoms with Gasteiger partial charge in [0, 0.05) is 56.2 Å². The lowest BCUT2D eigenvalue weighted by atomic mass is 9.86. The first-order valence-electron chi connectivity index (χ1n) is 13.1. The largest absolute Gasteiger partial charge is 0.339 e. The summed E-state index contributed by atoms with van der Waals surface area (Å²) in [5, 5.41) is 11.0. The van der Waals surface area contributed by atoms with E-state index in [0.29, 0.717) is 17.9 Å². The van der Waals surface area contributed by atoms with Crippen molar-refractivity contribution >= 4 is 11.6 Å². The van der Waals surface area contributed by atoms with Crippen LogP contribution in [0.3, 0.4) is 0 Å². The van der Waals surface area contributed by atoms with Crippen molar-refractivity contribution in [2.75, 3.05) is 19.6 Å². The van der Waals surface area contributed by atoms with Crippen molar-refractivity contribution in [3.05, 3.63) is 75.3 Å². The second-order valence-electron chi connectivity index (χ2n) is 10.8. The van der Waals surface area contributed by atoms with Crippen molar-refractivity contribution < 1.29 is 9.72 Å². The summed E-state index contributed by atoms with van der Waals surface area (Å²) in [6.45, 7) is 9.57. The smallest absolute Gasteiger partial charge is 0.269 e. The molecule has 0 spiro atoms. The Kier molecular flexibility index (Phi) is 8.22. The second-order valence-corrected chi connectivity index (χ2v) is 10.8. The van der Waals surface area contributed by atoms with E-state index >= 15 is 0 Å². The highest BCUT2D eigenvalue weighted by molar-refractivity contribution is 5.78. The quantitative estimate of drug-likeness (QED) is 0.349. The van der Waals surface area contributed by atoms with Crippen molar-refractivity contribution in [1.29, 1.82) is 0 Å². The minimum absolute atomic E-state index is 0.00682. The minimum atomic E-state index is -0.353. The van der Waals surface area contributed by atoms with Gasteiger partial charge < -0.3 is 4.90 Å². The van der Waals surface area contributed by atoms with E-state index in [2.05, 4.69) is 41.0 Å². The number of likely N-dealkylation sites (tertiary alicyclic amines) is 1. The van der Waals surface area contributed by atoms with Crippen LogP contribution >= 0.6 is 0 Å². The Labute approximate surface area is 209 Å². The van der Waals surface area contributed by atoms with Gasteiger partial charge in [0.15, 0.2) is 0 Å². The zero-order valence-corrected chi connectivity index (χ0v) is 21.4. The Morgan fingerprint density at radius 3 is 2.29 bits per heavy atom. The number of hydrogen-bond donors (Lipinski definition) is 0. The van der Waals surface area contributed by atoms with Gasteiger partial charge in [0.05, 0.1) is 4.92 Å². The highest BCUT2D eigenvalue weighted by Gasteiger charge is 2.38. The number of non-ortho nitro benzene ring substituents is 1. The molecule has 1 aliphatic carbocycles. The number of nitrogens with zero attached hydrogens (tertiary/aromatic N) is 3. The lowest BCUT2D eigenvalue weighted by Crippen LogP contribution is -2.47. The third-order valence-electron chi connectivity index (χ3n) is 7.80. The molecule has 2 fully saturated rings. The number of amides is 1.